The molecule has 19 nitrogen and oxygen atoms in total. The summed E-state index contributed by atoms with van der Waals surface area (Å²) in [6.07, 6.45) is -9.01. The highest BCUT2D eigenvalue weighted by Gasteiger charge is 2.61. The van der Waals surface area contributed by atoms with Gasteiger partial charge >= 0.3 is 35.9 Å². The molecule has 2 amide bonds. The predicted molar refractivity (Wildman–Crippen MR) is 189 cm³/mol. The number of hydrogen-bond acceptors (Lipinski definition) is 17. The van der Waals surface area contributed by atoms with E-state index in [0.29, 0.717) is 18.6 Å². The summed E-state index contributed by atoms with van der Waals surface area (Å²) in [5.74, 6) is -5.41. The Bertz CT molecular complexity index is 1500. The maximum absolute atomic E-state index is 14.0. The Kier molecular flexibility index (Phi) is 17.9. The summed E-state index contributed by atoms with van der Waals surface area (Å²) in [5.41, 5.74) is -1.80. The first-order valence-corrected chi connectivity index (χ1v) is 18.1. The maximum atomic E-state index is 14.0. The fourth-order valence-electron chi connectivity index (χ4n) is 6.45. The Labute approximate surface area is 324 Å². The molecule has 1 aromatic rings. The first-order chi connectivity index (χ1) is 26.5. The van der Waals surface area contributed by atoms with Gasteiger partial charge in [-0.3, -0.25) is 24.0 Å². The van der Waals surface area contributed by atoms with Gasteiger partial charge < -0.3 is 58.4 Å². The smallest absolute Gasteiger partial charge is 0.407 e. The third-order valence-corrected chi connectivity index (χ3v) is 8.79. The van der Waals surface area contributed by atoms with E-state index < -0.39 is 116 Å². The van der Waals surface area contributed by atoms with Crippen LogP contribution < -0.4 is 10.6 Å². The SMILES string of the molecule is COC(=O)[C@@]1(C(O)C[C@@H](COC2CCCCO2)NC(=O)OCc2ccccc2)C[C@H](OC(C)=O)[C@@H](NC(C)=O)[C@H]([C@H](OC(C)=O)[C@@H](COC(C)=O)OC(C)=O)O1. The first-order valence-electron chi connectivity index (χ1n) is 18.1. The lowest BCUT2D eigenvalue weighted by Crippen LogP contribution is -2.71. The molecule has 2 fully saturated rings. The quantitative estimate of drug-likeness (QED) is 0.139. The van der Waals surface area contributed by atoms with Gasteiger partial charge in [0, 0.05) is 47.6 Å². The van der Waals surface area contributed by atoms with E-state index in [2.05, 4.69) is 10.6 Å². The highest BCUT2D eigenvalue weighted by Crippen LogP contribution is 2.39. The van der Waals surface area contributed by atoms with E-state index in [4.69, 9.17) is 42.6 Å². The third-order valence-electron chi connectivity index (χ3n) is 8.79. The predicted octanol–water partition coefficient (Wildman–Crippen LogP) is 1.14. The Hall–Kier alpha value is -4.85. The summed E-state index contributed by atoms with van der Waals surface area (Å²) in [6.45, 7) is 4.73. The van der Waals surface area contributed by atoms with Crippen LogP contribution in [0.2, 0.25) is 0 Å². The van der Waals surface area contributed by atoms with Gasteiger partial charge in [-0.1, -0.05) is 30.3 Å². The largest absolute Gasteiger partial charge is 0.467 e. The molecule has 0 aromatic heterocycles. The van der Waals surface area contributed by atoms with Crippen molar-refractivity contribution in [3.8, 4) is 0 Å². The third kappa shape index (κ3) is 14.0. The van der Waals surface area contributed by atoms with Gasteiger partial charge in [-0.05, 0) is 31.2 Å². The molecular formula is C37H52N2O17. The zero-order chi connectivity index (χ0) is 41.4. The molecule has 2 saturated heterocycles. The maximum Gasteiger partial charge on any atom is 0.407 e. The number of amides is 2. The van der Waals surface area contributed by atoms with E-state index in [0.717, 1.165) is 54.6 Å². The van der Waals surface area contributed by atoms with Crippen molar-refractivity contribution in [1.82, 2.24) is 10.6 Å². The van der Waals surface area contributed by atoms with Crippen LogP contribution in [0.3, 0.4) is 0 Å². The molecule has 3 rings (SSSR count). The molecule has 0 radical (unpaired) electrons. The minimum atomic E-state index is -2.50. The lowest BCUT2D eigenvalue weighted by atomic mass is 9.78. The molecule has 0 saturated carbocycles. The number of carbonyl (C=O) groups excluding carboxylic acids is 7. The van der Waals surface area contributed by atoms with Crippen molar-refractivity contribution in [2.75, 3.05) is 26.9 Å². The first kappa shape index (κ1) is 45.5. The molecule has 2 heterocycles. The van der Waals surface area contributed by atoms with Crippen LogP contribution in [0.25, 0.3) is 0 Å². The number of nitrogens with one attached hydrogen (secondary N) is 2. The number of hydrogen-bond donors (Lipinski definition) is 3. The second-order valence-corrected chi connectivity index (χ2v) is 13.4. The lowest BCUT2D eigenvalue weighted by molar-refractivity contribution is -0.261. The topological polar surface area (TPSA) is 247 Å². The van der Waals surface area contributed by atoms with Crippen molar-refractivity contribution in [2.24, 2.45) is 0 Å². The zero-order valence-corrected chi connectivity index (χ0v) is 32.3. The molecule has 2 unspecified atom stereocenters. The summed E-state index contributed by atoms with van der Waals surface area (Å²) in [5, 5.41) is 17.3. The van der Waals surface area contributed by atoms with Crippen LogP contribution in [0.15, 0.2) is 30.3 Å². The molecule has 19 heteroatoms. The van der Waals surface area contributed by atoms with E-state index in [9.17, 15) is 38.7 Å². The number of aliphatic hydroxyl groups is 1. The number of methoxy groups -OCH3 is 1. The number of rotatable bonds is 18. The van der Waals surface area contributed by atoms with Crippen LogP contribution in [0.5, 0.6) is 0 Å². The lowest BCUT2D eigenvalue weighted by Gasteiger charge is -2.50. The van der Waals surface area contributed by atoms with Crippen LogP contribution in [0.4, 0.5) is 4.79 Å². The van der Waals surface area contributed by atoms with Gasteiger partial charge in [0.2, 0.25) is 5.91 Å². The van der Waals surface area contributed by atoms with Gasteiger partial charge in [0.15, 0.2) is 24.1 Å². The fraction of sp³-hybridized carbons (Fsp3) is 0.649. The monoisotopic (exact) mass is 796 g/mol. The fourth-order valence-corrected chi connectivity index (χ4v) is 6.45. The summed E-state index contributed by atoms with van der Waals surface area (Å²) in [6, 6.07) is 6.34. The highest BCUT2D eigenvalue weighted by molar-refractivity contribution is 5.81. The molecule has 2 aliphatic heterocycles. The van der Waals surface area contributed by atoms with Gasteiger partial charge in [-0.25, -0.2) is 9.59 Å². The Morgan fingerprint density at radius 1 is 0.893 bits per heavy atom. The van der Waals surface area contributed by atoms with Crippen molar-refractivity contribution in [3.63, 3.8) is 0 Å². The Balaban J connectivity index is 2.10. The second kappa shape index (κ2) is 22.0. The molecule has 0 aliphatic carbocycles. The molecule has 0 spiro atoms. The van der Waals surface area contributed by atoms with E-state index in [1.54, 1.807) is 30.3 Å². The molecular weight excluding hydrogens is 744 g/mol. The van der Waals surface area contributed by atoms with Gasteiger partial charge in [0.1, 0.15) is 25.4 Å². The average Bonchev–Trinajstić information content (AvgIpc) is 3.14. The Morgan fingerprint density at radius 3 is 2.16 bits per heavy atom. The van der Waals surface area contributed by atoms with Crippen molar-refractivity contribution < 1.29 is 81.3 Å². The van der Waals surface area contributed by atoms with E-state index in [1.807, 2.05) is 0 Å². The van der Waals surface area contributed by atoms with Crippen LogP contribution >= 0.6 is 0 Å². The number of esters is 5. The van der Waals surface area contributed by atoms with E-state index in [1.165, 1.54) is 0 Å². The number of alkyl carbamates (subject to hydrolysis) is 1. The molecule has 312 valence electrons. The normalized spacial score (nSPS) is 24.1. The number of aliphatic hydroxyl groups excluding tert-OH is 1. The van der Waals surface area contributed by atoms with E-state index in [-0.39, 0.29) is 13.2 Å². The number of carbonyl (C=O) groups is 7. The molecule has 9 atom stereocenters. The number of benzene rings is 1. The van der Waals surface area contributed by atoms with Crippen LogP contribution in [0, 0.1) is 0 Å². The molecule has 56 heavy (non-hydrogen) atoms. The summed E-state index contributed by atoms with van der Waals surface area (Å²) in [7, 11) is 1.00. The Morgan fingerprint density at radius 2 is 1.59 bits per heavy atom. The van der Waals surface area contributed by atoms with Gasteiger partial charge in [0.05, 0.1) is 31.9 Å². The van der Waals surface area contributed by atoms with Crippen molar-refractivity contribution in [2.45, 2.75) is 128 Å². The summed E-state index contributed by atoms with van der Waals surface area (Å²) in [4.78, 5) is 88.8. The molecule has 3 N–H and O–H groups in total. The molecule has 0 bridgehead atoms. The van der Waals surface area contributed by atoms with Crippen LogP contribution in [-0.2, 0) is 78.0 Å². The zero-order valence-electron chi connectivity index (χ0n) is 32.3. The van der Waals surface area contributed by atoms with Crippen molar-refractivity contribution in [1.29, 1.82) is 0 Å². The van der Waals surface area contributed by atoms with Crippen LogP contribution in [0.1, 0.15) is 72.3 Å². The molecule has 2 aliphatic rings. The summed E-state index contributed by atoms with van der Waals surface area (Å²) < 4.78 is 50.2. The average molecular weight is 797 g/mol. The van der Waals surface area contributed by atoms with Gasteiger partial charge in [0.25, 0.3) is 0 Å². The van der Waals surface area contributed by atoms with Crippen molar-refractivity contribution in [3.05, 3.63) is 35.9 Å². The second-order valence-electron chi connectivity index (χ2n) is 13.4. The highest BCUT2D eigenvalue weighted by atomic mass is 16.7. The standard InChI is InChI=1S/C37H52N2O17/c1-21(40)38-32-28(53-23(3)42)17-37(35(46)48-6,56-34(32)33(55-25(5)44)29(54-24(4)43)20-50-22(2)41)30(45)16-27(19-51-31-14-10-11-15-49-31)39-36(47)52-18-26-12-8-7-9-13-26/h7-9,12-13,27-34,45H,10-11,14-20H2,1-6H3,(H,38,40)(H,39,47)/t27-,28-,29+,30?,31?,32+,33+,34+,37-/m0/s1. The minimum Gasteiger partial charge on any atom is -0.467 e. The van der Waals surface area contributed by atoms with Gasteiger partial charge in [-0.15, -0.1) is 0 Å². The van der Waals surface area contributed by atoms with Crippen molar-refractivity contribution >= 4 is 41.8 Å². The van der Waals surface area contributed by atoms with Crippen LogP contribution in [-0.4, -0.2) is 128 Å². The summed E-state index contributed by atoms with van der Waals surface area (Å²) >= 11 is 0. The number of ether oxygens (including phenoxy) is 9. The van der Waals surface area contributed by atoms with E-state index >= 15 is 0 Å². The minimum absolute atomic E-state index is 0.0889. The molecule has 1 aromatic carbocycles. The van der Waals surface area contributed by atoms with Gasteiger partial charge in [-0.2, -0.15) is 0 Å².